The Morgan fingerprint density at radius 3 is 2.50 bits per heavy atom. The zero-order valence-electron chi connectivity index (χ0n) is 16.6. The molecule has 4 aromatic rings. The Morgan fingerprint density at radius 2 is 1.83 bits per heavy atom. The predicted octanol–water partition coefficient (Wildman–Crippen LogP) is 4.36. The molecule has 4 rings (SSSR count). The Hall–Kier alpha value is -3.23. The van der Waals surface area contributed by atoms with E-state index in [4.69, 9.17) is 9.47 Å². The number of aromatic amines is 1. The van der Waals surface area contributed by atoms with Gasteiger partial charge in [-0.15, -0.1) is 0 Å². The molecule has 8 heteroatoms. The van der Waals surface area contributed by atoms with Gasteiger partial charge in [-0.25, -0.2) is 13.4 Å². The van der Waals surface area contributed by atoms with Crippen LogP contribution in [0.4, 0.5) is 0 Å². The van der Waals surface area contributed by atoms with Gasteiger partial charge in [0.15, 0.2) is 15.7 Å². The summed E-state index contributed by atoms with van der Waals surface area (Å²) in [4.78, 5) is 12.6. The number of pyridine rings is 1. The minimum absolute atomic E-state index is 0.0582. The fourth-order valence-corrected chi connectivity index (χ4v) is 4.01. The highest BCUT2D eigenvalue weighted by Crippen LogP contribution is 2.30. The average molecular weight is 423 g/mol. The lowest BCUT2D eigenvalue weighted by Crippen LogP contribution is -2.03. The van der Waals surface area contributed by atoms with E-state index in [2.05, 4.69) is 15.0 Å². The zero-order chi connectivity index (χ0) is 21.1. The average Bonchev–Trinajstić information content (AvgIpc) is 3.19. The van der Waals surface area contributed by atoms with E-state index < -0.39 is 9.84 Å². The molecule has 154 valence electrons. The van der Waals surface area contributed by atoms with Crippen molar-refractivity contribution < 1.29 is 17.9 Å². The summed E-state index contributed by atoms with van der Waals surface area (Å²) in [6.45, 7) is 1.99. The molecule has 2 aromatic carbocycles. The topological polar surface area (TPSA) is 94.2 Å². The Morgan fingerprint density at radius 1 is 1.03 bits per heavy atom. The van der Waals surface area contributed by atoms with Crippen molar-refractivity contribution in [3.63, 3.8) is 0 Å². The fourth-order valence-electron chi connectivity index (χ4n) is 3.13. The summed E-state index contributed by atoms with van der Waals surface area (Å²) in [7, 11) is -1.62. The van der Waals surface area contributed by atoms with Gasteiger partial charge in [-0.05, 0) is 42.5 Å². The van der Waals surface area contributed by atoms with Crippen molar-refractivity contribution in [2.24, 2.45) is 0 Å². The van der Waals surface area contributed by atoms with E-state index in [9.17, 15) is 8.42 Å². The van der Waals surface area contributed by atoms with Crippen LogP contribution in [0.15, 0.2) is 65.7 Å². The number of H-pyrrole nitrogens is 1. The number of benzene rings is 2. The van der Waals surface area contributed by atoms with Crippen LogP contribution in [-0.4, -0.2) is 36.2 Å². The molecule has 0 fully saturated rings. The lowest BCUT2D eigenvalue weighted by atomic mass is 10.2. The van der Waals surface area contributed by atoms with Gasteiger partial charge in [0.05, 0.1) is 28.3 Å². The molecule has 0 aliphatic carbocycles. The van der Waals surface area contributed by atoms with E-state index in [0.29, 0.717) is 23.9 Å². The van der Waals surface area contributed by atoms with Gasteiger partial charge in [0, 0.05) is 24.9 Å². The number of ether oxygens (including phenoxy) is 2. The molecule has 0 saturated heterocycles. The second kappa shape index (κ2) is 8.25. The Balaban J connectivity index is 1.69. The maximum Gasteiger partial charge on any atom is 0.178 e. The number of hydrogen-bond acceptors (Lipinski definition) is 6. The van der Waals surface area contributed by atoms with E-state index in [0.717, 1.165) is 22.3 Å². The number of aromatic nitrogens is 3. The van der Waals surface area contributed by atoms with Crippen molar-refractivity contribution in [3.8, 4) is 23.0 Å². The van der Waals surface area contributed by atoms with Crippen molar-refractivity contribution in [3.05, 3.63) is 66.4 Å². The number of methoxy groups -OCH3 is 1. The molecule has 30 heavy (non-hydrogen) atoms. The number of imidazole rings is 1. The summed E-state index contributed by atoms with van der Waals surface area (Å²) in [6.07, 6.45) is 1.72. The first-order valence-electron chi connectivity index (χ1n) is 9.44. The van der Waals surface area contributed by atoms with Gasteiger partial charge < -0.3 is 14.5 Å². The van der Waals surface area contributed by atoms with Gasteiger partial charge in [-0.2, -0.15) is 0 Å². The van der Waals surface area contributed by atoms with Crippen molar-refractivity contribution in [1.82, 2.24) is 15.0 Å². The quantitative estimate of drug-likeness (QED) is 0.475. The molecule has 0 spiro atoms. The third-order valence-electron chi connectivity index (χ3n) is 4.64. The highest BCUT2D eigenvalue weighted by atomic mass is 32.2. The molecule has 0 aliphatic heterocycles. The zero-order valence-corrected chi connectivity index (χ0v) is 17.4. The Bertz CT molecular complexity index is 1270. The largest absolute Gasteiger partial charge is 0.457 e. The van der Waals surface area contributed by atoms with E-state index in [-0.39, 0.29) is 10.6 Å². The molecule has 0 saturated carbocycles. The summed E-state index contributed by atoms with van der Waals surface area (Å²) < 4.78 is 35.3. The third-order valence-corrected chi connectivity index (χ3v) is 6.40. The normalized spacial score (nSPS) is 11.7. The molecular weight excluding hydrogens is 402 g/mol. The number of nitrogens with zero attached hydrogens (tertiary/aromatic N) is 2. The van der Waals surface area contributed by atoms with E-state index in [1.165, 1.54) is 0 Å². The number of hydrogen-bond donors (Lipinski definition) is 1. The highest BCUT2D eigenvalue weighted by molar-refractivity contribution is 7.91. The number of nitrogens with one attached hydrogen (secondary N) is 1. The summed E-state index contributed by atoms with van der Waals surface area (Å²) >= 11 is 0. The summed E-state index contributed by atoms with van der Waals surface area (Å²) in [6, 6.07) is 15.8. The molecule has 2 heterocycles. The van der Waals surface area contributed by atoms with E-state index in [1.807, 2.05) is 30.3 Å². The molecule has 7 nitrogen and oxygen atoms in total. The molecule has 0 unspecified atom stereocenters. The lowest BCUT2D eigenvalue weighted by molar-refractivity contribution is 0.185. The predicted molar refractivity (Wildman–Crippen MR) is 114 cm³/mol. The molecule has 1 N–H and O–H groups in total. The summed E-state index contributed by atoms with van der Waals surface area (Å²) in [5.74, 6) is 1.85. The first-order valence-corrected chi connectivity index (χ1v) is 11.1. The third kappa shape index (κ3) is 4.05. The van der Waals surface area contributed by atoms with Crippen molar-refractivity contribution in [2.45, 2.75) is 18.4 Å². The summed E-state index contributed by atoms with van der Waals surface area (Å²) in [5.41, 5.74) is 3.19. The minimum atomic E-state index is -3.25. The molecule has 0 atom stereocenters. The summed E-state index contributed by atoms with van der Waals surface area (Å²) in [5, 5.41) is 0. The van der Waals surface area contributed by atoms with Crippen LogP contribution in [0, 0.1) is 0 Å². The van der Waals surface area contributed by atoms with Crippen molar-refractivity contribution >= 4 is 20.9 Å². The van der Waals surface area contributed by atoms with Gasteiger partial charge in [-0.3, -0.25) is 4.98 Å². The van der Waals surface area contributed by atoms with Crippen molar-refractivity contribution in [1.29, 1.82) is 0 Å². The molecule has 0 amide bonds. The van der Waals surface area contributed by atoms with E-state index in [1.54, 1.807) is 44.5 Å². The minimum Gasteiger partial charge on any atom is -0.457 e. The molecule has 0 radical (unpaired) electrons. The van der Waals surface area contributed by atoms with Crippen LogP contribution in [-0.2, 0) is 21.2 Å². The number of rotatable bonds is 7. The number of fused-ring (bicyclic) bond motifs is 1. The van der Waals surface area contributed by atoms with Crippen LogP contribution >= 0.6 is 0 Å². The van der Waals surface area contributed by atoms with Gasteiger partial charge in [0.25, 0.3) is 0 Å². The number of sulfone groups is 1. The second-order valence-electron chi connectivity index (χ2n) is 6.69. The van der Waals surface area contributed by atoms with Gasteiger partial charge in [0.2, 0.25) is 0 Å². The standard InChI is InChI=1S/C22H21N3O4S/c1-3-30(26,27)18-9-7-16(8-10-18)29-17-12-15(14-28-2)21-20(13-17)24-22(25-21)19-6-4-5-11-23-19/h4-13H,3,14H2,1-2H3,(H,24,25). The second-order valence-corrected chi connectivity index (χ2v) is 8.97. The van der Waals surface area contributed by atoms with Crippen LogP contribution in [0.25, 0.3) is 22.6 Å². The van der Waals surface area contributed by atoms with Crippen LogP contribution in [0.1, 0.15) is 12.5 Å². The Kier molecular flexibility index (Phi) is 5.52. The molecule has 2 aromatic heterocycles. The Labute approximate surface area is 174 Å². The fraction of sp³-hybridized carbons (Fsp3) is 0.182. The molecule has 0 aliphatic rings. The maximum absolute atomic E-state index is 12.0. The van der Waals surface area contributed by atoms with Gasteiger partial charge in [0.1, 0.15) is 17.2 Å². The molecule has 0 bridgehead atoms. The van der Waals surface area contributed by atoms with Gasteiger partial charge >= 0.3 is 0 Å². The van der Waals surface area contributed by atoms with Crippen LogP contribution in [0.3, 0.4) is 0 Å². The van der Waals surface area contributed by atoms with Crippen LogP contribution < -0.4 is 4.74 Å². The first kappa shape index (κ1) is 20.1. The highest BCUT2D eigenvalue weighted by Gasteiger charge is 2.14. The van der Waals surface area contributed by atoms with Gasteiger partial charge in [-0.1, -0.05) is 13.0 Å². The lowest BCUT2D eigenvalue weighted by Gasteiger charge is -2.09. The SMILES string of the molecule is CCS(=O)(=O)c1ccc(Oc2cc(COC)c3nc(-c4ccccn4)[nH]c3c2)cc1. The first-order chi connectivity index (χ1) is 14.5. The maximum atomic E-state index is 12.0. The molecular formula is C22H21N3O4S. The van der Waals surface area contributed by atoms with E-state index >= 15 is 0 Å². The van der Waals surface area contributed by atoms with Crippen LogP contribution in [0.5, 0.6) is 11.5 Å². The van der Waals surface area contributed by atoms with Crippen molar-refractivity contribution in [2.75, 3.05) is 12.9 Å². The van der Waals surface area contributed by atoms with Crippen LogP contribution in [0.2, 0.25) is 0 Å². The monoisotopic (exact) mass is 423 g/mol. The smallest absolute Gasteiger partial charge is 0.178 e.